The molecule has 0 amide bonds. The van der Waals surface area contributed by atoms with Crippen molar-refractivity contribution in [1.82, 2.24) is 10.3 Å². The van der Waals surface area contributed by atoms with Crippen molar-refractivity contribution in [3.8, 4) is 0 Å². The second-order valence-corrected chi connectivity index (χ2v) is 5.46. The first-order valence-corrected chi connectivity index (χ1v) is 6.46. The molecule has 4 nitrogen and oxygen atoms in total. The van der Waals surface area contributed by atoms with Gasteiger partial charge in [-0.15, -0.1) is 11.8 Å². The van der Waals surface area contributed by atoms with E-state index in [4.69, 9.17) is 0 Å². The Hall–Kier alpha value is -1.07. The molecule has 2 N–H and O–H groups in total. The molecule has 0 fully saturated rings. The molecule has 0 saturated heterocycles. The first-order chi connectivity index (χ1) is 7.94. The van der Waals surface area contributed by atoms with Crippen molar-refractivity contribution in [1.29, 1.82) is 0 Å². The Balaban J connectivity index is 2.65. The molecule has 1 unspecified atom stereocenters. The van der Waals surface area contributed by atoms with Gasteiger partial charge in [0.25, 0.3) is 0 Å². The Morgan fingerprint density at radius 2 is 2.12 bits per heavy atom. The first kappa shape index (κ1) is 14.0. The van der Waals surface area contributed by atoms with Crippen molar-refractivity contribution in [2.45, 2.75) is 37.2 Å². The van der Waals surface area contributed by atoms with Crippen molar-refractivity contribution in [2.75, 3.05) is 5.75 Å². The molecule has 1 atom stereocenters. The van der Waals surface area contributed by atoms with Gasteiger partial charge in [-0.3, -0.25) is 15.1 Å². The summed E-state index contributed by atoms with van der Waals surface area (Å²) < 4.78 is 0. The third-order valence-electron chi connectivity index (χ3n) is 2.26. The minimum Gasteiger partial charge on any atom is -0.480 e. The van der Waals surface area contributed by atoms with Crippen LogP contribution >= 0.6 is 11.8 Å². The summed E-state index contributed by atoms with van der Waals surface area (Å²) in [6.07, 6.45) is 3.41. The lowest BCUT2D eigenvalue weighted by Gasteiger charge is -2.28. The number of carbonyl (C=O) groups is 1. The highest BCUT2D eigenvalue weighted by molar-refractivity contribution is 7.99. The Morgan fingerprint density at radius 3 is 2.59 bits per heavy atom. The van der Waals surface area contributed by atoms with Crippen LogP contribution in [0.1, 0.15) is 20.8 Å². The monoisotopic (exact) mass is 254 g/mol. The largest absolute Gasteiger partial charge is 0.480 e. The van der Waals surface area contributed by atoms with Gasteiger partial charge in [-0.25, -0.2) is 0 Å². The molecule has 17 heavy (non-hydrogen) atoms. The van der Waals surface area contributed by atoms with E-state index in [1.54, 1.807) is 19.3 Å². The normalized spacial score (nSPS) is 14.6. The van der Waals surface area contributed by atoms with E-state index in [1.165, 1.54) is 11.8 Å². The van der Waals surface area contributed by atoms with Gasteiger partial charge in [0.15, 0.2) is 0 Å². The zero-order valence-corrected chi connectivity index (χ0v) is 11.1. The molecule has 1 rings (SSSR count). The molecule has 0 aliphatic heterocycles. The standard InChI is InChI=1S/C12H18N2O2S/c1-9(2)14-12(3,11(15)16)8-17-10-4-6-13-7-5-10/h4-7,9,14H,8H2,1-3H3,(H,15,16). The van der Waals surface area contributed by atoms with Crippen LogP contribution in [0.2, 0.25) is 0 Å². The zero-order chi connectivity index (χ0) is 12.9. The number of pyridine rings is 1. The lowest BCUT2D eigenvalue weighted by atomic mass is 10.1. The van der Waals surface area contributed by atoms with E-state index in [2.05, 4.69) is 10.3 Å². The SMILES string of the molecule is CC(C)NC(C)(CSc1ccncc1)C(=O)O. The molecule has 1 aromatic heterocycles. The van der Waals surface area contributed by atoms with Gasteiger partial charge in [-0.05, 0) is 32.9 Å². The second-order valence-electron chi connectivity index (χ2n) is 4.41. The number of nitrogens with zero attached hydrogens (tertiary/aromatic N) is 1. The van der Waals surface area contributed by atoms with E-state index in [9.17, 15) is 9.90 Å². The number of rotatable bonds is 6. The van der Waals surface area contributed by atoms with Crippen LogP contribution in [-0.2, 0) is 4.79 Å². The van der Waals surface area contributed by atoms with Gasteiger partial charge in [0.2, 0.25) is 0 Å². The van der Waals surface area contributed by atoms with E-state index >= 15 is 0 Å². The molecular formula is C12H18N2O2S. The number of nitrogens with one attached hydrogen (secondary N) is 1. The number of aromatic nitrogens is 1. The van der Waals surface area contributed by atoms with Crippen molar-refractivity contribution >= 4 is 17.7 Å². The van der Waals surface area contributed by atoms with Gasteiger partial charge in [0.1, 0.15) is 5.54 Å². The van der Waals surface area contributed by atoms with Crippen LogP contribution in [0, 0.1) is 0 Å². The van der Waals surface area contributed by atoms with Crippen LogP contribution in [-0.4, -0.2) is 33.4 Å². The average molecular weight is 254 g/mol. The number of carboxylic acids is 1. The number of aliphatic carboxylic acids is 1. The third kappa shape index (κ3) is 4.36. The van der Waals surface area contributed by atoms with E-state index in [0.717, 1.165) is 4.90 Å². The van der Waals surface area contributed by atoms with Gasteiger partial charge in [0, 0.05) is 29.1 Å². The topological polar surface area (TPSA) is 62.2 Å². The van der Waals surface area contributed by atoms with E-state index < -0.39 is 11.5 Å². The smallest absolute Gasteiger partial charge is 0.324 e. The highest BCUT2D eigenvalue weighted by Crippen LogP contribution is 2.22. The molecule has 94 valence electrons. The molecular weight excluding hydrogens is 236 g/mol. The summed E-state index contributed by atoms with van der Waals surface area (Å²) in [4.78, 5) is 16.2. The van der Waals surface area contributed by atoms with E-state index in [-0.39, 0.29) is 6.04 Å². The lowest BCUT2D eigenvalue weighted by Crippen LogP contribution is -2.54. The summed E-state index contributed by atoms with van der Waals surface area (Å²) in [5, 5.41) is 12.4. The van der Waals surface area contributed by atoms with Crippen LogP contribution in [0.5, 0.6) is 0 Å². The van der Waals surface area contributed by atoms with Gasteiger partial charge in [-0.1, -0.05) is 0 Å². The van der Waals surface area contributed by atoms with Crippen LogP contribution in [0.3, 0.4) is 0 Å². The fourth-order valence-corrected chi connectivity index (χ4v) is 2.44. The maximum absolute atomic E-state index is 11.3. The highest BCUT2D eigenvalue weighted by Gasteiger charge is 2.33. The predicted octanol–water partition coefficient (Wildman–Crippen LogP) is 2.01. The molecule has 0 aliphatic rings. The molecule has 0 spiro atoms. The fourth-order valence-electron chi connectivity index (χ4n) is 1.46. The van der Waals surface area contributed by atoms with Gasteiger partial charge < -0.3 is 5.11 Å². The number of thioether (sulfide) groups is 1. The number of hydrogen-bond donors (Lipinski definition) is 2. The van der Waals surface area contributed by atoms with Crippen molar-refractivity contribution in [3.63, 3.8) is 0 Å². The summed E-state index contributed by atoms with van der Waals surface area (Å²) >= 11 is 1.51. The minimum atomic E-state index is -0.915. The first-order valence-electron chi connectivity index (χ1n) is 5.48. The molecule has 5 heteroatoms. The summed E-state index contributed by atoms with van der Waals surface area (Å²) in [7, 11) is 0. The summed E-state index contributed by atoms with van der Waals surface area (Å²) in [6, 6.07) is 3.89. The Kier molecular flexibility index (Phi) is 4.96. The fraction of sp³-hybridized carbons (Fsp3) is 0.500. The highest BCUT2D eigenvalue weighted by atomic mass is 32.2. The van der Waals surface area contributed by atoms with Crippen molar-refractivity contribution in [2.24, 2.45) is 0 Å². The maximum atomic E-state index is 11.3. The summed E-state index contributed by atoms with van der Waals surface area (Å²) in [6.45, 7) is 5.60. The van der Waals surface area contributed by atoms with Crippen LogP contribution in [0.4, 0.5) is 0 Å². The van der Waals surface area contributed by atoms with Crippen LogP contribution in [0.25, 0.3) is 0 Å². The quantitative estimate of drug-likeness (QED) is 0.760. The maximum Gasteiger partial charge on any atom is 0.324 e. The molecule has 1 aromatic rings. The van der Waals surface area contributed by atoms with E-state index in [0.29, 0.717) is 5.75 Å². The van der Waals surface area contributed by atoms with Crippen LogP contribution < -0.4 is 5.32 Å². The molecule has 0 radical (unpaired) electrons. The zero-order valence-electron chi connectivity index (χ0n) is 10.3. The van der Waals surface area contributed by atoms with Crippen LogP contribution in [0.15, 0.2) is 29.4 Å². The summed E-state index contributed by atoms with van der Waals surface area (Å²) in [5.74, 6) is -0.349. The van der Waals surface area contributed by atoms with Crippen molar-refractivity contribution < 1.29 is 9.90 Å². The summed E-state index contributed by atoms with van der Waals surface area (Å²) in [5.41, 5.74) is -0.915. The second kappa shape index (κ2) is 6.02. The third-order valence-corrected chi connectivity index (χ3v) is 3.58. The Morgan fingerprint density at radius 1 is 1.53 bits per heavy atom. The minimum absolute atomic E-state index is 0.133. The molecule has 0 saturated carbocycles. The van der Waals surface area contributed by atoms with Gasteiger partial charge in [-0.2, -0.15) is 0 Å². The predicted molar refractivity (Wildman–Crippen MR) is 69.3 cm³/mol. The van der Waals surface area contributed by atoms with Crippen molar-refractivity contribution in [3.05, 3.63) is 24.5 Å². The van der Waals surface area contributed by atoms with Gasteiger partial charge >= 0.3 is 5.97 Å². The number of carboxylic acid groups (broad SMARTS) is 1. The lowest BCUT2D eigenvalue weighted by molar-refractivity contribution is -0.143. The average Bonchev–Trinajstić information content (AvgIpc) is 2.27. The van der Waals surface area contributed by atoms with Gasteiger partial charge in [0.05, 0.1) is 0 Å². The van der Waals surface area contributed by atoms with E-state index in [1.807, 2.05) is 26.0 Å². The molecule has 0 bridgehead atoms. The molecule has 0 aromatic carbocycles. The molecule has 1 heterocycles. The Labute approximate surface area is 106 Å². The Bertz CT molecular complexity index is 370. The number of hydrogen-bond acceptors (Lipinski definition) is 4. The molecule has 0 aliphatic carbocycles.